The molecule has 76 valence electrons. The fraction of sp³-hybridized carbons (Fsp3) is 0.250. The van der Waals surface area contributed by atoms with Crippen LogP contribution < -0.4 is 5.32 Å². The molecule has 3 nitrogen and oxygen atoms in total. The van der Waals surface area contributed by atoms with Crippen LogP contribution in [0.5, 0.6) is 0 Å². The second-order valence-electron chi connectivity index (χ2n) is 3.89. The predicted molar refractivity (Wildman–Crippen MR) is 58.3 cm³/mol. The van der Waals surface area contributed by atoms with Gasteiger partial charge >= 0.3 is 0 Å². The molecule has 0 bridgehead atoms. The van der Waals surface area contributed by atoms with E-state index in [1.807, 2.05) is 10.7 Å². The van der Waals surface area contributed by atoms with Gasteiger partial charge in [0.25, 0.3) is 0 Å². The van der Waals surface area contributed by atoms with Gasteiger partial charge in [-0.3, -0.25) is 4.68 Å². The monoisotopic (exact) mass is 199 g/mol. The van der Waals surface area contributed by atoms with Crippen molar-refractivity contribution >= 4 is 0 Å². The van der Waals surface area contributed by atoms with Gasteiger partial charge < -0.3 is 5.32 Å². The van der Waals surface area contributed by atoms with Crippen LogP contribution in [-0.4, -0.2) is 9.78 Å². The summed E-state index contributed by atoms with van der Waals surface area (Å²) in [5.74, 6) is 0. The molecule has 1 aromatic heterocycles. The lowest BCUT2D eigenvalue weighted by Gasteiger charge is -2.01. The highest BCUT2D eigenvalue weighted by Gasteiger charge is 2.13. The lowest BCUT2D eigenvalue weighted by Crippen LogP contribution is -2.06. The van der Waals surface area contributed by atoms with Crippen LogP contribution in [0.25, 0.3) is 0 Å². The van der Waals surface area contributed by atoms with Gasteiger partial charge in [-0.1, -0.05) is 30.3 Å². The molecule has 0 unspecified atom stereocenters. The van der Waals surface area contributed by atoms with Crippen molar-refractivity contribution in [1.82, 2.24) is 15.1 Å². The molecule has 0 saturated carbocycles. The number of nitrogens with zero attached hydrogens (tertiary/aromatic N) is 2. The Kier molecular flexibility index (Phi) is 2.03. The number of rotatable bonds is 2. The van der Waals surface area contributed by atoms with Crippen LogP contribution in [0.4, 0.5) is 0 Å². The average molecular weight is 199 g/mol. The summed E-state index contributed by atoms with van der Waals surface area (Å²) in [4.78, 5) is 0. The fourth-order valence-electron chi connectivity index (χ4n) is 1.97. The highest BCUT2D eigenvalue weighted by Crippen LogP contribution is 2.13. The van der Waals surface area contributed by atoms with Crippen LogP contribution in [-0.2, 0) is 19.6 Å². The van der Waals surface area contributed by atoms with Gasteiger partial charge in [0.15, 0.2) is 0 Å². The summed E-state index contributed by atoms with van der Waals surface area (Å²) >= 11 is 0. The minimum atomic E-state index is 0.869. The lowest BCUT2D eigenvalue weighted by molar-refractivity contribution is 0.645. The third-order valence-electron chi connectivity index (χ3n) is 2.72. The maximum absolute atomic E-state index is 4.54. The van der Waals surface area contributed by atoms with Gasteiger partial charge in [0.2, 0.25) is 0 Å². The van der Waals surface area contributed by atoms with E-state index < -0.39 is 0 Å². The Balaban J connectivity index is 1.83. The molecule has 1 aliphatic rings. The Labute approximate surface area is 88.7 Å². The first-order chi connectivity index (χ1) is 7.42. The van der Waals surface area contributed by atoms with E-state index in [-0.39, 0.29) is 0 Å². The van der Waals surface area contributed by atoms with Crippen LogP contribution >= 0.6 is 0 Å². The molecule has 3 rings (SSSR count). The summed E-state index contributed by atoms with van der Waals surface area (Å²) in [5.41, 5.74) is 3.84. The van der Waals surface area contributed by atoms with Gasteiger partial charge in [0, 0.05) is 24.8 Å². The summed E-state index contributed by atoms with van der Waals surface area (Å²) in [6.45, 7) is 2.75. The van der Waals surface area contributed by atoms with Crippen LogP contribution in [0.15, 0.2) is 36.5 Å². The van der Waals surface area contributed by atoms with E-state index in [0.717, 1.165) is 19.6 Å². The summed E-state index contributed by atoms with van der Waals surface area (Å²) in [6.07, 6.45) is 2.14. The zero-order valence-corrected chi connectivity index (χ0v) is 8.48. The number of hydrogen-bond donors (Lipinski definition) is 1. The second kappa shape index (κ2) is 3.51. The third kappa shape index (κ3) is 1.66. The highest BCUT2D eigenvalue weighted by molar-refractivity contribution is 5.22. The number of benzene rings is 1. The molecular weight excluding hydrogens is 186 g/mol. The molecule has 1 aliphatic heterocycles. The molecule has 3 heteroatoms. The van der Waals surface area contributed by atoms with E-state index in [1.165, 1.54) is 16.8 Å². The molecule has 0 saturated heterocycles. The number of fused-ring (bicyclic) bond motifs is 1. The van der Waals surface area contributed by atoms with Crippen molar-refractivity contribution in [2.24, 2.45) is 0 Å². The third-order valence-corrected chi connectivity index (χ3v) is 2.72. The van der Waals surface area contributed by atoms with E-state index in [4.69, 9.17) is 0 Å². The average Bonchev–Trinajstić information content (AvgIpc) is 2.79. The van der Waals surface area contributed by atoms with E-state index in [9.17, 15) is 0 Å². The molecular formula is C12H13N3. The summed E-state index contributed by atoms with van der Waals surface area (Å²) in [7, 11) is 0. The van der Waals surface area contributed by atoms with Crippen LogP contribution in [0.1, 0.15) is 16.8 Å². The van der Waals surface area contributed by atoms with Crippen LogP contribution in [0.2, 0.25) is 0 Å². The Morgan fingerprint density at radius 3 is 2.87 bits per heavy atom. The van der Waals surface area contributed by atoms with Crippen molar-refractivity contribution in [3.63, 3.8) is 0 Å². The Morgan fingerprint density at radius 2 is 2.07 bits per heavy atom. The van der Waals surface area contributed by atoms with Crippen molar-refractivity contribution < 1.29 is 0 Å². The molecule has 0 aliphatic carbocycles. The van der Waals surface area contributed by atoms with Crippen molar-refractivity contribution in [3.05, 3.63) is 53.3 Å². The maximum Gasteiger partial charge on any atom is 0.0807 e. The van der Waals surface area contributed by atoms with Gasteiger partial charge in [0.1, 0.15) is 0 Å². The molecule has 1 aromatic carbocycles. The van der Waals surface area contributed by atoms with Crippen LogP contribution in [0.3, 0.4) is 0 Å². The van der Waals surface area contributed by atoms with Gasteiger partial charge in [-0.05, 0) is 5.56 Å². The minimum absolute atomic E-state index is 0.869. The quantitative estimate of drug-likeness (QED) is 0.795. The lowest BCUT2D eigenvalue weighted by atomic mass is 10.2. The normalized spacial score (nSPS) is 14.1. The fourth-order valence-corrected chi connectivity index (χ4v) is 1.97. The maximum atomic E-state index is 4.54. The van der Waals surface area contributed by atoms with Crippen molar-refractivity contribution in [2.75, 3.05) is 0 Å². The number of hydrogen-bond acceptors (Lipinski definition) is 2. The Bertz CT molecular complexity index is 437. The summed E-state index contributed by atoms with van der Waals surface area (Å²) in [5, 5.41) is 7.82. The SMILES string of the molecule is c1ccc(Cn2cc3c(n2)CNC3)cc1. The summed E-state index contributed by atoms with van der Waals surface area (Å²) in [6, 6.07) is 10.4. The molecule has 0 atom stereocenters. The topological polar surface area (TPSA) is 29.9 Å². The van der Waals surface area contributed by atoms with Gasteiger partial charge in [-0.15, -0.1) is 0 Å². The largest absolute Gasteiger partial charge is 0.307 e. The highest BCUT2D eigenvalue weighted by atomic mass is 15.3. The zero-order valence-electron chi connectivity index (χ0n) is 8.48. The first-order valence-corrected chi connectivity index (χ1v) is 5.22. The van der Waals surface area contributed by atoms with Crippen molar-refractivity contribution in [1.29, 1.82) is 0 Å². The van der Waals surface area contributed by atoms with Gasteiger partial charge in [0.05, 0.1) is 12.2 Å². The van der Waals surface area contributed by atoms with E-state index >= 15 is 0 Å². The van der Waals surface area contributed by atoms with E-state index in [1.54, 1.807) is 0 Å². The molecule has 2 aromatic rings. The number of nitrogens with one attached hydrogen (secondary N) is 1. The molecule has 1 N–H and O–H groups in total. The molecule has 15 heavy (non-hydrogen) atoms. The molecule has 0 amide bonds. The van der Waals surface area contributed by atoms with Gasteiger partial charge in [-0.25, -0.2) is 0 Å². The zero-order chi connectivity index (χ0) is 10.1. The Morgan fingerprint density at radius 1 is 1.20 bits per heavy atom. The van der Waals surface area contributed by atoms with Crippen molar-refractivity contribution in [3.8, 4) is 0 Å². The Hall–Kier alpha value is -1.61. The van der Waals surface area contributed by atoms with E-state index in [0.29, 0.717) is 0 Å². The van der Waals surface area contributed by atoms with Gasteiger partial charge in [-0.2, -0.15) is 5.10 Å². The standard InChI is InChI=1S/C12H13N3/c1-2-4-10(5-3-1)8-15-9-11-6-13-7-12(11)14-15/h1-5,9,13H,6-8H2. The summed E-state index contributed by atoms with van der Waals surface area (Å²) < 4.78 is 2.03. The van der Waals surface area contributed by atoms with Crippen LogP contribution in [0, 0.1) is 0 Å². The molecule has 0 fully saturated rings. The molecule has 0 radical (unpaired) electrons. The predicted octanol–water partition coefficient (Wildman–Crippen LogP) is 1.53. The first-order valence-electron chi connectivity index (χ1n) is 5.22. The second-order valence-corrected chi connectivity index (χ2v) is 3.89. The minimum Gasteiger partial charge on any atom is -0.307 e. The molecule has 2 heterocycles. The number of aromatic nitrogens is 2. The smallest absolute Gasteiger partial charge is 0.0807 e. The van der Waals surface area contributed by atoms with Crippen molar-refractivity contribution in [2.45, 2.75) is 19.6 Å². The first kappa shape index (κ1) is 8.68. The molecule has 0 spiro atoms. The van der Waals surface area contributed by atoms with E-state index in [2.05, 4.69) is 40.9 Å².